The topological polar surface area (TPSA) is 46.2 Å². The van der Waals surface area contributed by atoms with E-state index in [1.807, 2.05) is 0 Å². The lowest BCUT2D eigenvalue weighted by Crippen LogP contribution is -2.14. The molecule has 2 rings (SSSR count). The maximum absolute atomic E-state index is 13.5. The fourth-order valence-electron chi connectivity index (χ4n) is 1.43. The second-order valence-electron chi connectivity index (χ2n) is 3.66. The third-order valence-corrected chi connectivity index (χ3v) is 5.15. The number of rotatable bonds is 3. The lowest BCUT2D eigenvalue weighted by Gasteiger charge is -2.10. The first kappa shape index (κ1) is 14.5. The highest BCUT2D eigenvalue weighted by atomic mass is 79.9. The maximum Gasteiger partial charge on any atom is 0.263 e. The lowest BCUT2D eigenvalue weighted by molar-refractivity contribution is 0.598. The number of halogens is 3. The molecule has 100 valence electrons. The first-order chi connectivity index (χ1) is 8.90. The van der Waals surface area contributed by atoms with Crippen LogP contribution in [-0.2, 0) is 10.0 Å². The van der Waals surface area contributed by atoms with Crippen molar-refractivity contribution in [2.24, 2.45) is 0 Å². The Kier molecular flexibility index (Phi) is 4.27. The third kappa shape index (κ3) is 3.34. The van der Waals surface area contributed by atoms with E-state index in [0.717, 1.165) is 0 Å². The van der Waals surface area contributed by atoms with Crippen molar-refractivity contribution in [1.29, 1.82) is 0 Å². The van der Waals surface area contributed by atoms with Crippen molar-refractivity contribution in [3.8, 4) is 0 Å². The number of sulfonamides is 1. The first-order valence-electron chi connectivity index (χ1n) is 5.12. The van der Waals surface area contributed by atoms with Gasteiger partial charge >= 0.3 is 0 Å². The van der Waals surface area contributed by atoms with Gasteiger partial charge in [0.2, 0.25) is 0 Å². The van der Waals surface area contributed by atoms with Crippen LogP contribution in [0.1, 0.15) is 0 Å². The monoisotopic (exact) mass is 407 g/mol. The smallest absolute Gasteiger partial charge is 0.263 e. The van der Waals surface area contributed by atoms with E-state index in [2.05, 4.69) is 36.6 Å². The van der Waals surface area contributed by atoms with Crippen molar-refractivity contribution in [2.75, 3.05) is 4.72 Å². The van der Waals surface area contributed by atoms with E-state index in [0.29, 0.717) is 8.95 Å². The van der Waals surface area contributed by atoms with Gasteiger partial charge in [0.05, 0.1) is 5.69 Å². The second-order valence-corrected chi connectivity index (χ2v) is 7.08. The summed E-state index contributed by atoms with van der Waals surface area (Å²) < 4.78 is 41.1. The van der Waals surface area contributed by atoms with E-state index in [4.69, 9.17) is 0 Å². The summed E-state index contributed by atoms with van der Waals surface area (Å²) in [5, 5.41) is 0. The van der Waals surface area contributed by atoms with E-state index < -0.39 is 15.8 Å². The van der Waals surface area contributed by atoms with E-state index in [9.17, 15) is 12.8 Å². The lowest BCUT2D eigenvalue weighted by atomic mass is 10.3. The molecule has 7 heteroatoms. The molecule has 0 amide bonds. The number of para-hydroxylation sites is 1. The van der Waals surface area contributed by atoms with E-state index in [-0.39, 0.29) is 10.6 Å². The Balaban J connectivity index is 2.44. The zero-order valence-electron chi connectivity index (χ0n) is 9.40. The molecule has 0 aliphatic heterocycles. The molecule has 2 aromatic rings. The van der Waals surface area contributed by atoms with Crippen molar-refractivity contribution < 1.29 is 12.8 Å². The summed E-state index contributed by atoms with van der Waals surface area (Å²) in [5.41, 5.74) is -0.0885. The number of nitrogens with one attached hydrogen (secondary N) is 1. The number of hydrogen-bond donors (Lipinski definition) is 1. The highest BCUT2D eigenvalue weighted by molar-refractivity contribution is 9.11. The van der Waals surface area contributed by atoms with Gasteiger partial charge in [-0.25, -0.2) is 12.8 Å². The zero-order valence-corrected chi connectivity index (χ0v) is 13.4. The van der Waals surface area contributed by atoms with Crippen LogP contribution in [0.15, 0.2) is 56.3 Å². The molecule has 1 N–H and O–H groups in total. The molecule has 3 nitrogen and oxygen atoms in total. The van der Waals surface area contributed by atoms with Crippen molar-refractivity contribution in [1.82, 2.24) is 0 Å². The fraction of sp³-hybridized carbons (Fsp3) is 0. The third-order valence-electron chi connectivity index (χ3n) is 2.30. The molecule has 0 atom stereocenters. The van der Waals surface area contributed by atoms with E-state index in [1.54, 1.807) is 18.2 Å². The molecule has 0 radical (unpaired) electrons. The molecule has 0 aromatic heterocycles. The Morgan fingerprint density at radius 3 is 2.42 bits per heavy atom. The fourth-order valence-corrected chi connectivity index (χ4v) is 4.00. The summed E-state index contributed by atoms with van der Waals surface area (Å²) in [7, 11) is -3.86. The summed E-state index contributed by atoms with van der Waals surface area (Å²) in [6.45, 7) is 0. The quantitative estimate of drug-likeness (QED) is 0.828. The van der Waals surface area contributed by atoms with Gasteiger partial charge in [-0.05, 0) is 46.3 Å². The molecule has 0 aliphatic rings. The Labute approximate surface area is 127 Å². The van der Waals surface area contributed by atoms with Crippen LogP contribution in [0.25, 0.3) is 0 Å². The summed E-state index contributed by atoms with van der Waals surface area (Å²) in [6, 6.07) is 10.3. The van der Waals surface area contributed by atoms with Crippen LogP contribution in [0.3, 0.4) is 0 Å². The minimum atomic E-state index is -3.86. The van der Waals surface area contributed by atoms with Crippen LogP contribution >= 0.6 is 31.9 Å². The summed E-state index contributed by atoms with van der Waals surface area (Å²) in [5.74, 6) is -0.628. The molecule has 2 aromatic carbocycles. The molecule has 0 unspecified atom stereocenters. The van der Waals surface area contributed by atoms with Gasteiger partial charge in [-0.1, -0.05) is 28.1 Å². The van der Waals surface area contributed by atoms with Gasteiger partial charge in [0.15, 0.2) is 0 Å². The largest absolute Gasteiger partial charge is 0.277 e. The van der Waals surface area contributed by atoms with Gasteiger partial charge in [0.25, 0.3) is 10.0 Å². The number of anilines is 1. The van der Waals surface area contributed by atoms with Crippen molar-refractivity contribution in [3.63, 3.8) is 0 Å². The van der Waals surface area contributed by atoms with Gasteiger partial charge in [0, 0.05) is 8.95 Å². The predicted octanol–water partition coefficient (Wildman–Crippen LogP) is 4.15. The van der Waals surface area contributed by atoms with Crippen LogP contribution in [0.2, 0.25) is 0 Å². The molecule has 0 fully saturated rings. The Hall–Kier alpha value is -0.920. The van der Waals surface area contributed by atoms with Gasteiger partial charge in [-0.3, -0.25) is 4.72 Å². The summed E-state index contributed by atoms with van der Waals surface area (Å²) >= 11 is 6.37. The molecule has 0 spiro atoms. The predicted molar refractivity (Wildman–Crippen MR) is 79.1 cm³/mol. The van der Waals surface area contributed by atoms with Crippen LogP contribution in [-0.4, -0.2) is 8.42 Å². The van der Waals surface area contributed by atoms with Crippen molar-refractivity contribution in [2.45, 2.75) is 4.90 Å². The van der Waals surface area contributed by atoms with Crippen LogP contribution in [0.5, 0.6) is 0 Å². The number of benzene rings is 2. The Morgan fingerprint density at radius 2 is 1.74 bits per heavy atom. The van der Waals surface area contributed by atoms with Gasteiger partial charge in [-0.15, -0.1) is 0 Å². The van der Waals surface area contributed by atoms with Crippen molar-refractivity contribution >= 4 is 47.6 Å². The molecule has 19 heavy (non-hydrogen) atoms. The molecular weight excluding hydrogens is 401 g/mol. The highest BCUT2D eigenvalue weighted by Gasteiger charge is 2.19. The molecule has 0 aliphatic carbocycles. The molecule has 0 bridgehead atoms. The van der Waals surface area contributed by atoms with Gasteiger partial charge < -0.3 is 0 Å². The van der Waals surface area contributed by atoms with Crippen molar-refractivity contribution in [3.05, 3.63) is 57.2 Å². The average Bonchev–Trinajstić information content (AvgIpc) is 2.35. The minimum Gasteiger partial charge on any atom is -0.277 e. The average molecular weight is 409 g/mol. The van der Waals surface area contributed by atoms with Crippen LogP contribution in [0, 0.1) is 5.82 Å². The second kappa shape index (κ2) is 5.60. The number of hydrogen-bond acceptors (Lipinski definition) is 2. The Bertz CT molecular complexity index is 719. The first-order valence-corrected chi connectivity index (χ1v) is 8.19. The SMILES string of the molecule is O=S(=O)(Nc1ccccc1F)c1cc(Br)ccc1Br. The summed E-state index contributed by atoms with van der Waals surface area (Å²) in [4.78, 5) is 0.0325. The molecule has 0 saturated carbocycles. The molecule has 0 heterocycles. The molecule has 0 saturated heterocycles. The maximum atomic E-state index is 13.5. The van der Waals surface area contributed by atoms with Gasteiger partial charge in [0.1, 0.15) is 10.7 Å². The van der Waals surface area contributed by atoms with Crippen LogP contribution < -0.4 is 4.72 Å². The molecular formula is C12H8Br2FNO2S. The Morgan fingerprint density at radius 1 is 1.05 bits per heavy atom. The normalized spacial score (nSPS) is 11.3. The van der Waals surface area contributed by atoms with E-state index in [1.165, 1.54) is 24.3 Å². The standard InChI is InChI=1S/C12H8Br2FNO2S/c13-8-5-6-9(14)12(7-8)19(17,18)16-11-4-2-1-3-10(11)15/h1-7,16H. The zero-order chi connectivity index (χ0) is 14.0. The van der Waals surface area contributed by atoms with Crippen LogP contribution in [0.4, 0.5) is 10.1 Å². The van der Waals surface area contributed by atoms with E-state index >= 15 is 0 Å². The minimum absolute atomic E-state index is 0.0325. The van der Waals surface area contributed by atoms with Gasteiger partial charge in [-0.2, -0.15) is 0 Å². The highest BCUT2D eigenvalue weighted by Crippen LogP contribution is 2.27. The summed E-state index contributed by atoms with van der Waals surface area (Å²) in [6.07, 6.45) is 0.